The Kier molecular flexibility index (Phi) is 6.01. The molecule has 1 aromatic carbocycles. The van der Waals surface area contributed by atoms with E-state index in [1.165, 1.54) is 12.1 Å². The zero-order chi connectivity index (χ0) is 9.90. The zero-order valence-electron chi connectivity index (χ0n) is 7.37. The van der Waals surface area contributed by atoms with Gasteiger partial charge in [-0.3, -0.25) is 4.55 Å². The maximum Gasteiger partial charge on any atom is 0.274 e. The Balaban J connectivity index is 0.00000169. The largest absolute Gasteiger partial charge is 0.395 e. The van der Waals surface area contributed by atoms with E-state index in [1.807, 2.05) is 0 Å². The maximum atomic E-state index is 10.8. The third kappa shape index (κ3) is 3.75. The van der Waals surface area contributed by atoms with Crippen molar-refractivity contribution in [1.82, 2.24) is 0 Å². The van der Waals surface area contributed by atoms with Gasteiger partial charge < -0.3 is 5.11 Å². The first-order chi connectivity index (χ1) is 6.05. The van der Waals surface area contributed by atoms with Crippen molar-refractivity contribution in [2.75, 3.05) is 6.61 Å². The quantitative estimate of drug-likeness (QED) is 0.800. The van der Waals surface area contributed by atoms with E-state index in [4.69, 9.17) is 9.66 Å². The number of hydrogen-bond donors (Lipinski definition) is 2. The summed E-state index contributed by atoms with van der Waals surface area (Å²) in [5.74, 6) is 0. The Labute approximate surface area is 108 Å². The van der Waals surface area contributed by atoms with Gasteiger partial charge in [-0.05, 0) is 5.56 Å². The van der Waals surface area contributed by atoms with E-state index >= 15 is 0 Å². The van der Waals surface area contributed by atoms with Gasteiger partial charge in [0.15, 0.2) is 0 Å². The van der Waals surface area contributed by atoms with Crippen LogP contribution in [0.3, 0.4) is 0 Å². The molecule has 0 saturated heterocycles. The first kappa shape index (κ1) is 14.2. The fraction of sp³-hybridized carbons (Fsp3) is 0.250. The first-order valence-corrected chi connectivity index (χ1v) is 5.18. The molecule has 0 aliphatic rings. The standard InChI is InChI=1S/C8H10O4S.Y/c9-6-8(13(10,11)12)7-4-2-1-3-5-7;/h1-5,8-9H,6H2,(H,10,11,12);. The molecule has 0 bridgehead atoms. The van der Waals surface area contributed by atoms with Crippen molar-refractivity contribution in [3.63, 3.8) is 0 Å². The van der Waals surface area contributed by atoms with Crippen LogP contribution in [0.1, 0.15) is 10.8 Å². The van der Waals surface area contributed by atoms with Gasteiger partial charge in [0.05, 0.1) is 6.61 Å². The van der Waals surface area contributed by atoms with Gasteiger partial charge in [0.1, 0.15) is 5.25 Å². The summed E-state index contributed by atoms with van der Waals surface area (Å²) >= 11 is 0. The molecule has 14 heavy (non-hydrogen) atoms. The minimum absolute atomic E-state index is 0. The molecule has 4 nitrogen and oxygen atoms in total. The van der Waals surface area contributed by atoms with Gasteiger partial charge in [0.2, 0.25) is 0 Å². The van der Waals surface area contributed by atoms with Crippen molar-refractivity contribution in [3.05, 3.63) is 35.9 Å². The molecule has 1 atom stereocenters. The number of rotatable bonds is 3. The van der Waals surface area contributed by atoms with Crippen molar-refractivity contribution in [2.45, 2.75) is 5.25 Å². The average Bonchev–Trinajstić information content (AvgIpc) is 2.05. The summed E-state index contributed by atoms with van der Waals surface area (Å²) in [4.78, 5) is 0. The molecule has 1 rings (SSSR count). The third-order valence-electron chi connectivity index (χ3n) is 1.70. The van der Waals surface area contributed by atoms with Crippen molar-refractivity contribution in [3.8, 4) is 0 Å². The summed E-state index contributed by atoms with van der Waals surface area (Å²) in [5, 5.41) is 7.53. The van der Waals surface area contributed by atoms with E-state index in [9.17, 15) is 8.42 Å². The second-order valence-corrected chi connectivity index (χ2v) is 4.20. The Bertz CT molecular complexity index is 362. The van der Waals surface area contributed by atoms with Crippen molar-refractivity contribution >= 4 is 10.1 Å². The normalized spacial score (nSPS) is 13.0. The molecule has 0 aliphatic carbocycles. The average molecular weight is 291 g/mol. The molecule has 0 aliphatic heterocycles. The van der Waals surface area contributed by atoms with Crippen LogP contribution in [0.25, 0.3) is 0 Å². The van der Waals surface area contributed by atoms with Crippen molar-refractivity contribution in [2.24, 2.45) is 0 Å². The van der Waals surface area contributed by atoms with E-state index in [2.05, 4.69) is 0 Å². The van der Waals surface area contributed by atoms with Crippen molar-refractivity contribution < 1.29 is 50.8 Å². The van der Waals surface area contributed by atoms with E-state index < -0.39 is 22.0 Å². The summed E-state index contributed by atoms with van der Waals surface area (Å²) in [7, 11) is -4.22. The Morgan fingerprint density at radius 3 is 2.07 bits per heavy atom. The minimum Gasteiger partial charge on any atom is -0.395 e. The summed E-state index contributed by atoms with van der Waals surface area (Å²) in [6.07, 6.45) is 0. The smallest absolute Gasteiger partial charge is 0.274 e. The SMILES string of the molecule is O=S(=O)(O)C(CO)c1ccccc1.[Y]. The molecular weight excluding hydrogens is 281 g/mol. The zero-order valence-corrected chi connectivity index (χ0v) is 11.0. The van der Waals surface area contributed by atoms with E-state index in [0.717, 1.165) is 0 Å². The first-order valence-electron chi connectivity index (χ1n) is 3.68. The fourth-order valence-corrected chi connectivity index (χ4v) is 1.73. The number of benzene rings is 1. The number of hydrogen-bond acceptors (Lipinski definition) is 3. The Morgan fingerprint density at radius 1 is 1.21 bits per heavy atom. The van der Waals surface area contributed by atoms with Gasteiger partial charge in [-0.15, -0.1) is 0 Å². The fourth-order valence-electron chi connectivity index (χ4n) is 1.04. The van der Waals surface area contributed by atoms with Crippen LogP contribution in [0, 0.1) is 0 Å². The molecule has 75 valence electrons. The topological polar surface area (TPSA) is 74.6 Å². The molecule has 0 heterocycles. The molecule has 1 radical (unpaired) electrons. The predicted octanol–water partition coefficient (Wildman–Crippen LogP) is 0.605. The summed E-state index contributed by atoms with van der Waals surface area (Å²) in [5.41, 5.74) is 0.382. The van der Waals surface area contributed by atoms with Gasteiger partial charge >= 0.3 is 0 Å². The Hall–Kier alpha value is 0.194. The molecule has 0 fully saturated rings. The van der Waals surface area contributed by atoms with Crippen LogP contribution in [0.15, 0.2) is 30.3 Å². The van der Waals surface area contributed by atoms with Gasteiger partial charge in [0, 0.05) is 32.7 Å². The van der Waals surface area contributed by atoms with Crippen LogP contribution in [0.2, 0.25) is 0 Å². The predicted molar refractivity (Wildman–Crippen MR) is 47.8 cm³/mol. The summed E-state index contributed by atoms with van der Waals surface area (Å²) < 4.78 is 30.3. The minimum atomic E-state index is -4.22. The monoisotopic (exact) mass is 291 g/mol. The van der Waals surface area contributed by atoms with Crippen LogP contribution < -0.4 is 0 Å². The second kappa shape index (κ2) is 5.93. The molecule has 6 heteroatoms. The van der Waals surface area contributed by atoms with Crippen LogP contribution in [0.5, 0.6) is 0 Å². The van der Waals surface area contributed by atoms with E-state index in [-0.39, 0.29) is 32.7 Å². The van der Waals surface area contributed by atoms with Crippen LogP contribution in [-0.2, 0) is 42.8 Å². The number of aliphatic hydroxyl groups excluding tert-OH is 1. The molecule has 0 amide bonds. The number of aliphatic hydroxyl groups is 1. The summed E-state index contributed by atoms with van der Waals surface area (Å²) in [6, 6.07) is 8.08. The van der Waals surface area contributed by atoms with Gasteiger partial charge in [-0.25, -0.2) is 0 Å². The molecule has 0 saturated carbocycles. The summed E-state index contributed by atoms with van der Waals surface area (Å²) in [6.45, 7) is -0.622. The van der Waals surface area contributed by atoms with E-state index in [0.29, 0.717) is 5.56 Å². The van der Waals surface area contributed by atoms with Gasteiger partial charge in [-0.1, -0.05) is 30.3 Å². The molecule has 1 aromatic rings. The van der Waals surface area contributed by atoms with E-state index in [1.54, 1.807) is 18.2 Å². The van der Waals surface area contributed by atoms with Crippen molar-refractivity contribution in [1.29, 1.82) is 0 Å². The van der Waals surface area contributed by atoms with Crippen LogP contribution in [0.4, 0.5) is 0 Å². The van der Waals surface area contributed by atoms with Gasteiger partial charge in [0.25, 0.3) is 10.1 Å². The van der Waals surface area contributed by atoms with Crippen LogP contribution >= 0.6 is 0 Å². The third-order valence-corrected chi connectivity index (χ3v) is 2.84. The molecular formula is C8H10O4SY. The Morgan fingerprint density at radius 2 is 1.71 bits per heavy atom. The molecule has 0 aromatic heterocycles. The molecule has 1 unspecified atom stereocenters. The maximum absolute atomic E-state index is 10.8. The second-order valence-electron chi connectivity index (χ2n) is 2.60. The van der Waals surface area contributed by atoms with Crippen LogP contribution in [-0.4, -0.2) is 24.7 Å². The van der Waals surface area contributed by atoms with Gasteiger partial charge in [-0.2, -0.15) is 8.42 Å². The molecule has 2 N–H and O–H groups in total. The molecule has 0 spiro atoms.